The molecule has 0 aromatic heterocycles. The molecule has 3 aliphatic carbocycles. The fourth-order valence-electron chi connectivity index (χ4n) is 7.60. The van der Waals surface area contributed by atoms with Crippen molar-refractivity contribution in [2.24, 2.45) is 11.8 Å². The molecule has 2 bridgehead atoms. The number of Topliss-reactive ketones (excluding diaryl/α,β-unsaturated/α-hetero) is 1. The Morgan fingerprint density at radius 1 is 0.647 bits per heavy atom. The quantitative estimate of drug-likeness (QED) is 0.0717. The third-order valence-electron chi connectivity index (χ3n) is 9.83. The Labute approximate surface area is 310 Å². The Morgan fingerprint density at radius 3 is 1.65 bits per heavy atom. The van der Waals surface area contributed by atoms with Crippen LogP contribution in [-0.2, 0) is 9.59 Å². The van der Waals surface area contributed by atoms with Crippen LogP contribution in [0.4, 0.5) is 0 Å². The molecule has 51 heavy (non-hydrogen) atoms. The van der Waals surface area contributed by atoms with Gasteiger partial charge in [-0.15, -0.1) is 0 Å². The Bertz CT molecular complexity index is 2180. The Balaban J connectivity index is 1.12. The van der Waals surface area contributed by atoms with Crippen molar-refractivity contribution >= 4 is 68.6 Å². The van der Waals surface area contributed by atoms with E-state index in [1.807, 2.05) is 48.5 Å². The minimum atomic E-state index is -0.773. The number of ketones is 1. The molecule has 9 rings (SSSR count). The van der Waals surface area contributed by atoms with Crippen molar-refractivity contribution in [3.63, 3.8) is 0 Å². The van der Waals surface area contributed by atoms with E-state index in [-0.39, 0.29) is 26.9 Å². The first kappa shape index (κ1) is 33.1. The van der Waals surface area contributed by atoms with Gasteiger partial charge in [0.15, 0.2) is 5.78 Å². The van der Waals surface area contributed by atoms with E-state index in [0.29, 0.717) is 5.56 Å². The highest BCUT2D eigenvalue weighted by molar-refractivity contribution is 9.10. The molecule has 11 heteroatoms. The molecule has 0 saturated carbocycles. The van der Waals surface area contributed by atoms with Gasteiger partial charge < -0.3 is 4.74 Å². The number of benzene rings is 5. The normalized spacial score (nSPS) is 19.6. The van der Waals surface area contributed by atoms with Gasteiger partial charge in [0, 0.05) is 27.4 Å². The van der Waals surface area contributed by atoms with Gasteiger partial charge in [-0.1, -0.05) is 87.7 Å². The van der Waals surface area contributed by atoms with Crippen LogP contribution < -0.4 is 4.74 Å². The number of esters is 1. The van der Waals surface area contributed by atoms with Gasteiger partial charge in [-0.2, -0.15) is 5.01 Å². The summed E-state index contributed by atoms with van der Waals surface area (Å²) in [7, 11) is 0. The van der Waals surface area contributed by atoms with Gasteiger partial charge in [-0.3, -0.25) is 19.2 Å². The van der Waals surface area contributed by atoms with E-state index in [9.17, 15) is 24.0 Å². The Morgan fingerprint density at radius 2 is 1.14 bits per heavy atom. The highest BCUT2D eigenvalue weighted by Crippen LogP contribution is 2.61. The van der Waals surface area contributed by atoms with Crippen molar-refractivity contribution in [1.82, 2.24) is 10.0 Å². The predicted octanol–water partition coefficient (Wildman–Crippen LogP) is 8.11. The monoisotopic (exact) mass is 778 g/mol. The second-order valence-corrected chi connectivity index (χ2v) is 14.3. The van der Waals surface area contributed by atoms with E-state index >= 15 is 0 Å². The van der Waals surface area contributed by atoms with E-state index in [2.05, 4.69) is 15.9 Å². The average molecular weight is 780 g/mol. The Kier molecular flexibility index (Phi) is 8.37. The van der Waals surface area contributed by atoms with Crippen LogP contribution in [-0.4, -0.2) is 46.0 Å². The summed E-state index contributed by atoms with van der Waals surface area (Å²) in [4.78, 5) is 69.9. The van der Waals surface area contributed by atoms with Crippen molar-refractivity contribution in [3.05, 3.63) is 169 Å². The zero-order valence-corrected chi connectivity index (χ0v) is 29.6. The molecular formula is C40H25BrCl2N2O6. The van der Waals surface area contributed by atoms with Crippen LogP contribution in [0.1, 0.15) is 65.2 Å². The maximum atomic E-state index is 14.6. The lowest BCUT2D eigenvalue weighted by Gasteiger charge is -2.45. The van der Waals surface area contributed by atoms with Crippen LogP contribution in [0.5, 0.6) is 5.75 Å². The summed E-state index contributed by atoms with van der Waals surface area (Å²) in [6, 6.07) is 32.3. The lowest BCUT2D eigenvalue weighted by molar-refractivity contribution is -0.154. The molecule has 0 N–H and O–H groups in total. The van der Waals surface area contributed by atoms with Crippen LogP contribution >= 0.6 is 39.1 Å². The number of amides is 3. The summed E-state index contributed by atoms with van der Waals surface area (Å²) >= 11 is 15.7. The van der Waals surface area contributed by atoms with Gasteiger partial charge in [-0.05, 0) is 89.0 Å². The third-order valence-corrected chi connectivity index (χ3v) is 11.1. The minimum Gasteiger partial charge on any atom is -0.423 e. The summed E-state index contributed by atoms with van der Waals surface area (Å²) in [6.07, 6.45) is 0. The number of hydrazine groups is 1. The molecule has 8 nitrogen and oxygen atoms in total. The second kappa shape index (κ2) is 12.9. The van der Waals surface area contributed by atoms with Gasteiger partial charge >= 0.3 is 5.97 Å². The summed E-state index contributed by atoms with van der Waals surface area (Å²) in [5.74, 6) is -5.17. The molecule has 5 aromatic rings. The molecule has 1 saturated heterocycles. The maximum absolute atomic E-state index is 14.6. The number of nitrogens with zero attached hydrogens (tertiary/aromatic N) is 2. The number of rotatable bonds is 7. The van der Waals surface area contributed by atoms with Gasteiger partial charge in [0.1, 0.15) is 12.3 Å². The van der Waals surface area contributed by atoms with Gasteiger partial charge in [0.05, 0.1) is 27.4 Å². The molecule has 0 spiro atoms. The SMILES string of the molecule is O=C(CN(C(=O)c1ccc(Cl)c(Cl)c1)N1C(=O)[C@H]2C3c4ccccc4C(c4ccccc43)[C@@H]2C1=O)c1ccc(OC(=O)c2ccc(Br)cc2)cc1. The zero-order chi connectivity index (χ0) is 35.6. The van der Waals surface area contributed by atoms with E-state index in [4.69, 9.17) is 27.9 Å². The van der Waals surface area contributed by atoms with Crippen LogP contribution in [0.25, 0.3) is 0 Å². The average Bonchev–Trinajstić information content (AvgIpc) is 3.41. The van der Waals surface area contributed by atoms with Crippen molar-refractivity contribution in [3.8, 4) is 5.75 Å². The molecule has 0 unspecified atom stereocenters. The van der Waals surface area contributed by atoms with E-state index in [0.717, 1.165) is 36.7 Å². The zero-order valence-electron chi connectivity index (χ0n) is 26.5. The van der Waals surface area contributed by atoms with Gasteiger partial charge in [0.2, 0.25) is 0 Å². The van der Waals surface area contributed by atoms with Crippen LogP contribution in [0.3, 0.4) is 0 Å². The van der Waals surface area contributed by atoms with Crippen LogP contribution in [0.2, 0.25) is 10.0 Å². The summed E-state index contributed by atoms with van der Waals surface area (Å²) in [5.41, 5.74) is 4.46. The molecule has 252 valence electrons. The van der Waals surface area contributed by atoms with E-state index in [1.165, 1.54) is 42.5 Å². The molecule has 1 aliphatic heterocycles. The van der Waals surface area contributed by atoms with E-state index in [1.54, 1.807) is 24.3 Å². The first-order chi connectivity index (χ1) is 24.6. The molecule has 0 radical (unpaired) electrons. The van der Waals surface area contributed by atoms with Crippen molar-refractivity contribution in [2.75, 3.05) is 6.54 Å². The van der Waals surface area contributed by atoms with Gasteiger partial charge in [-0.25, -0.2) is 9.80 Å². The fourth-order valence-corrected chi connectivity index (χ4v) is 8.16. The molecule has 3 amide bonds. The van der Waals surface area contributed by atoms with Crippen LogP contribution in [0, 0.1) is 11.8 Å². The molecule has 5 aromatic carbocycles. The lowest BCUT2D eigenvalue weighted by atomic mass is 9.55. The largest absolute Gasteiger partial charge is 0.423 e. The van der Waals surface area contributed by atoms with Crippen molar-refractivity contribution < 1.29 is 28.7 Å². The number of carbonyl (C=O) groups is 5. The highest BCUT2D eigenvalue weighted by atomic mass is 79.9. The smallest absolute Gasteiger partial charge is 0.343 e. The first-order valence-electron chi connectivity index (χ1n) is 16.1. The number of imide groups is 1. The number of hydrogen-bond donors (Lipinski definition) is 0. The van der Waals surface area contributed by atoms with Crippen molar-refractivity contribution in [2.45, 2.75) is 11.8 Å². The molecule has 4 aliphatic rings. The second-order valence-electron chi connectivity index (χ2n) is 12.6. The molecular weight excluding hydrogens is 755 g/mol. The summed E-state index contributed by atoms with van der Waals surface area (Å²) < 4.78 is 6.28. The molecule has 2 atom stereocenters. The minimum absolute atomic E-state index is 0.0393. The fraction of sp³-hybridized carbons (Fsp3) is 0.125. The summed E-state index contributed by atoms with van der Waals surface area (Å²) in [5, 5.41) is 2.09. The third kappa shape index (κ3) is 5.56. The van der Waals surface area contributed by atoms with Crippen LogP contribution in [0.15, 0.2) is 120 Å². The lowest BCUT2D eigenvalue weighted by Crippen LogP contribution is -2.52. The Hall–Kier alpha value is -5.09. The molecule has 1 fully saturated rings. The maximum Gasteiger partial charge on any atom is 0.343 e. The number of carbonyl (C=O) groups excluding carboxylic acids is 5. The number of halogens is 3. The first-order valence-corrected chi connectivity index (χ1v) is 17.6. The van der Waals surface area contributed by atoms with Gasteiger partial charge in [0.25, 0.3) is 17.7 Å². The van der Waals surface area contributed by atoms with Crippen molar-refractivity contribution in [1.29, 1.82) is 0 Å². The number of hydrogen-bond acceptors (Lipinski definition) is 6. The highest BCUT2D eigenvalue weighted by Gasteiger charge is 2.63. The summed E-state index contributed by atoms with van der Waals surface area (Å²) in [6.45, 7) is -0.636. The predicted molar refractivity (Wildman–Crippen MR) is 193 cm³/mol. The topological polar surface area (TPSA) is 101 Å². The van der Waals surface area contributed by atoms with E-state index < -0.39 is 59.7 Å². The number of ether oxygens (including phenoxy) is 1. The molecule has 1 heterocycles. The standard InChI is InChI=1S/C40H25BrCl2N2O6/c41-24-14-9-22(10-15-24)40(50)51-25-16-11-21(12-17-25)32(46)20-44(37(47)23-13-18-30(42)31(43)19-23)45-38(48)35-33-26-5-1-2-6-27(26)34(36(35)39(45)49)29-8-4-3-7-28(29)33/h1-19,33-36H,20H2/t33?,34?,35-,36-/m0/s1.